The Morgan fingerprint density at radius 2 is 1.64 bits per heavy atom. The van der Waals surface area contributed by atoms with E-state index in [4.69, 9.17) is 5.73 Å². The fraction of sp³-hybridized carbons (Fsp3) is 0.300. The van der Waals surface area contributed by atoms with Crippen LogP contribution in [-0.4, -0.2) is 29.8 Å². The molecule has 2 rings (SSSR count). The van der Waals surface area contributed by atoms with Crippen LogP contribution in [0.25, 0.3) is 0 Å². The molecule has 0 heterocycles. The van der Waals surface area contributed by atoms with Gasteiger partial charge in [-0.1, -0.05) is 60.7 Å². The Morgan fingerprint density at radius 3 is 2.24 bits per heavy atom. The molecule has 1 atom stereocenters. The molecule has 5 heteroatoms. The summed E-state index contributed by atoms with van der Waals surface area (Å²) in [4.78, 5) is 26.1. The van der Waals surface area contributed by atoms with E-state index in [0.29, 0.717) is 13.1 Å². The van der Waals surface area contributed by atoms with Crippen LogP contribution in [0.15, 0.2) is 60.7 Å². The van der Waals surface area contributed by atoms with Crippen LogP contribution >= 0.6 is 0 Å². The smallest absolute Gasteiger partial charge is 0.242 e. The van der Waals surface area contributed by atoms with E-state index in [9.17, 15) is 9.59 Å². The van der Waals surface area contributed by atoms with Crippen molar-refractivity contribution in [2.75, 3.05) is 13.1 Å². The molecular weight excluding hydrogens is 314 g/mol. The highest BCUT2D eigenvalue weighted by Gasteiger charge is 2.15. The van der Waals surface area contributed by atoms with Gasteiger partial charge in [-0.25, -0.2) is 0 Å². The first kappa shape index (κ1) is 18.7. The average molecular weight is 339 g/mol. The van der Waals surface area contributed by atoms with Crippen LogP contribution in [0.5, 0.6) is 0 Å². The molecule has 0 saturated carbocycles. The van der Waals surface area contributed by atoms with Crippen molar-refractivity contribution >= 4 is 11.8 Å². The number of carbonyl (C=O) groups excluding carboxylic acids is 2. The highest BCUT2D eigenvalue weighted by atomic mass is 16.2. The van der Waals surface area contributed by atoms with E-state index in [1.165, 1.54) is 0 Å². The number of hydrogen-bond donors (Lipinski definition) is 2. The minimum absolute atomic E-state index is 0.0129. The third kappa shape index (κ3) is 6.04. The van der Waals surface area contributed by atoms with Crippen molar-refractivity contribution in [2.45, 2.75) is 25.9 Å². The molecule has 0 saturated heterocycles. The zero-order chi connectivity index (χ0) is 18.1. The minimum Gasteiger partial charge on any atom is -0.347 e. The van der Waals surface area contributed by atoms with Gasteiger partial charge < -0.3 is 16.0 Å². The topological polar surface area (TPSA) is 75.4 Å². The van der Waals surface area contributed by atoms with Crippen molar-refractivity contribution in [1.29, 1.82) is 0 Å². The maximum absolute atomic E-state index is 12.3. The van der Waals surface area contributed by atoms with Gasteiger partial charge >= 0.3 is 0 Å². The standard InChI is InChI=1S/C20H25N3O2/c1-2-23(15-16-9-5-3-6-10-16)20(25)14-22-19(24)13-18(21)17-11-7-4-8-12-17/h3-12,18H,2,13-15,21H2,1H3,(H,22,24). The van der Waals surface area contributed by atoms with Crippen LogP contribution in [0, 0.1) is 0 Å². The van der Waals surface area contributed by atoms with Gasteiger partial charge in [-0.2, -0.15) is 0 Å². The molecule has 5 nitrogen and oxygen atoms in total. The molecule has 0 aliphatic rings. The lowest BCUT2D eigenvalue weighted by Gasteiger charge is -2.21. The fourth-order valence-corrected chi connectivity index (χ4v) is 2.56. The first-order valence-electron chi connectivity index (χ1n) is 8.49. The molecule has 2 aromatic rings. The van der Waals surface area contributed by atoms with Gasteiger partial charge in [0.1, 0.15) is 0 Å². The molecule has 0 fully saturated rings. The molecule has 0 aliphatic carbocycles. The molecule has 0 spiro atoms. The number of nitrogens with zero attached hydrogens (tertiary/aromatic N) is 1. The summed E-state index contributed by atoms with van der Waals surface area (Å²) in [5, 5.41) is 2.67. The van der Waals surface area contributed by atoms with E-state index >= 15 is 0 Å². The Bertz CT molecular complexity index is 674. The van der Waals surface area contributed by atoms with Crippen LogP contribution in [0.4, 0.5) is 0 Å². The molecule has 3 N–H and O–H groups in total. The SMILES string of the molecule is CCN(Cc1ccccc1)C(=O)CNC(=O)CC(N)c1ccccc1. The normalized spacial score (nSPS) is 11.6. The Hall–Kier alpha value is -2.66. The van der Waals surface area contributed by atoms with Gasteiger partial charge in [0.2, 0.25) is 11.8 Å². The quantitative estimate of drug-likeness (QED) is 0.774. The summed E-state index contributed by atoms with van der Waals surface area (Å²) in [6.45, 7) is 3.04. The fourth-order valence-electron chi connectivity index (χ4n) is 2.56. The molecule has 0 aliphatic heterocycles. The number of nitrogens with two attached hydrogens (primary N) is 1. The predicted octanol–water partition coefficient (Wildman–Crippen LogP) is 2.24. The molecule has 132 valence electrons. The second kappa shape index (κ2) is 9.59. The summed E-state index contributed by atoms with van der Waals surface area (Å²) in [5.74, 6) is -0.326. The van der Waals surface area contributed by atoms with Crippen LogP contribution in [-0.2, 0) is 16.1 Å². The lowest BCUT2D eigenvalue weighted by atomic mass is 10.0. The van der Waals surface area contributed by atoms with E-state index < -0.39 is 0 Å². The van der Waals surface area contributed by atoms with Crippen molar-refractivity contribution in [3.05, 3.63) is 71.8 Å². The summed E-state index contributed by atoms with van der Waals surface area (Å²) >= 11 is 0. The summed E-state index contributed by atoms with van der Waals surface area (Å²) in [5.41, 5.74) is 8.00. The second-order valence-corrected chi connectivity index (χ2v) is 5.89. The van der Waals surface area contributed by atoms with E-state index in [1.807, 2.05) is 67.6 Å². The summed E-state index contributed by atoms with van der Waals surface area (Å²) in [6, 6.07) is 18.9. The molecule has 0 aromatic heterocycles. The third-order valence-electron chi connectivity index (χ3n) is 4.02. The Morgan fingerprint density at radius 1 is 1.04 bits per heavy atom. The van der Waals surface area contributed by atoms with E-state index in [-0.39, 0.29) is 30.8 Å². The number of benzene rings is 2. The first-order valence-corrected chi connectivity index (χ1v) is 8.49. The average Bonchev–Trinajstić information content (AvgIpc) is 2.65. The molecule has 2 amide bonds. The zero-order valence-electron chi connectivity index (χ0n) is 14.5. The largest absolute Gasteiger partial charge is 0.347 e. The molecular formula is C20H25N3O2. The molecule has 1 unspecified atom stereocenters. The summed E-state index contributed by atoms with van der Waals surface area (Å²) in [7, 11) is 0. The zero-order valence-corrected chi connectivity index (χ0v) is 14.5. The van der Waals surface area contributed by atoms with Crippen LogP contribution in [0.3, 0.4) is 0 Å². The van der Waals surface area contributed by atoms with Gasteiger partial charge in [0.05, 0.1) is 6.54 Å². The first-order chi connectivity index (χ1) is 12.1. The van der Waals surface area contributed by atoms with E-state index in [1.54, 1.807) is 4.90 Å². The second-order valence-electron chi connectivity index (χ2n) is 5.89. The lowest BCUT2D eigenvalue weighted by Crippen LogP contribution is -2.40. The number of likely N-dealkylation sites (N-methyl/N-ethyl adjacent to an activating group) is 1. The Kier molecular flexibility index (Phi) is 7.16. The van der Waals surface area contributed by atoms with Crippen molar-refractivity contribution in [1.82, 2.24) is 10.2 Å². The minimum atomic E-state index is -0.372. The van der Waals surface area contributed by atoms with Crippen molar-refractivity contribution < 1.29 is 9.59 Å². The Labute approximate surface area is 148 Å². The molecule has 2 aromatic carbocycles. The van der Waals surface area contributed by atoms with Gasteiger partial charge in [-0.3, -0.25) is 9.59 Å². The highest BCUT2D eigenvalue weighted by Crippen LogP contribution is 2.12. The van der Waals surface area contributed by atoms with E-state index in [2.05, 4.69) is 5.32 Å². The highest BCUT2D eigenvalue weighted by molar-refractivity contribution is 5.85. The van der Waals surface area contributed by atoms with Gasteiger partial charge in [-0.05, 0) is 18.1 Å². The monoisotopic (exact) mass is 339 g/mol. The number of rotatable bonds is 8. The van der Waals surface area contributed by atoms with Gasteiger partial charge in [-0.15, -0.1) is 0 Å². The number of hydrogen-bond acceptors (Lipinski definition) is 3. The van der Waals surface area contributed by atoms with Gasteiger partial charge in [0, 0.05) is 25.6 Å². The van der Waals surface area contributed by atoms with Crippen LogP contribution in [0.1, 0.15) is 30.5 Å². The van der Waals surface area contributed by atoms with E-state index in [0.717, 1.165) is 11.1 Å². The predicted molar refractivity (Wildman–Crippen MR) is 98.5 cm³/mol. The van der Waals surface area contributed by atoms with Crippen LogP contribution < -0.4 is 11.1 Å². The summed E-state index contributed by atoms with van der Waals surface area (Å²) < 4.78 is 0. The van der Waals surface area contributed by atoms with Gasteiger partial charge in [0.25, 0.3) is 0 Å². The summed E-state index contributed by atoms with van der Waals surface area (Å²) in [6.07, 6.45) is 0.155. The number of nitrogens with one attached hydrogen (secondary N) is 1. The maximum Gasteiger partial charge on any atom is 0.242 e. The molecule has 0 radical (unpaired) electrons. The van der Waals surface area contributed by atoms with Crippen molar-refractivity contribution in [3.63, 3.8) is 0 Å². The third-order valence-corrected chi connectivity index (χ3v) is 4.02. The van der Waals surface area contributed by atoms with Crippen molar-refractivity contribution in [2.24, 2.45) is 5.73 Å². The van der Waals surface area contributed by atoms with Crippen LogP contribution in [0.2, 0.25) is 0 Å². The number of carbonyl (C=O) groups is 2. The maximum atomic E-state index is 12.3. The number of amides is 2. The van der Waals surface area contributed by atoms with Gasteiger partial charge in [0.15, 0.2) is 0 Å². The lowest BCUT2D eigenvalue weighted by molar-refractivity contribution is -0.133. The molecule has 25 heavy (non-hydrogen) atoms. The molecule has 0 bridgehead atoms. The van der Waals surface area contributed by atoms with Crippen molar-refractivity contribution in [3.8, 4) is 0 Å². The Balaban J connectivity index is 1.80.